The molecule has 0 amide bonds. The molecule has 0 spiro atoms. The normalized spacial score (nSPS) is 33.2. The predicted molar refractivity (Wildman–Crippen MR) is 70.6 cm³/mol. The van der Waals surface area contributed by atoms with Crippen LogP contribution in [0.15, 0.2) is 0 Å². The third kappa shape index (κ3) is 3.23. The Kier molecular flexibility index (Phi) is 4.69. The molecule has 0 aliphatic heterocycles. The highest BCUT2D eigenvalue weighted by atomic mass is 15.0. The molecule has 2 saturated carbocycles. The highest BCUT2D eigenvalue weighted by Gasteiger charge is 2.29. The van der Waals surface area contributed by atoms with Crippen molar-refractivity contribution in [3.63, 3.8) is 0 Å². The van der Waals surface area contributed by atoms with Gasteiger partial charge in [0, 0.05) is 12.1 Å². The molecule has 1 nitrogen and oxygen atoms in total. The van der Waals surface area contributed by atoms with E-state index in [1.807, 2.05) is 0 Å². The van der Waals surface area contributed by atoms with E-state index in [-0.39, 0.29) is 0 Å². The largest absolute Gasteiger partial charge is 0.311 e. The zero-order chi connectivity index (χ0) is 11.4. The van der Waals surface area contributed by atoms with Crippen LogP contribution in [0, 0.1) is 11.8 Å². The van der Waals surface area contributed by atoms with E-state index < -0.39 is 0 Å². The summed E-state index contributed by atoms with van der Waals surface area (Å²) in [6, 6.07) is 1.68. The SMILES string of the molecule is CC(C)C1CCCCC1NC1CCCCC1. The van der Waals surface area contributed by atoms with Gasteiger partial charge in [-0.2, -0.15) is 0 Å². The summed E-state index contributed by atoms with van der Waals surface area (Å²) in [5.41, 5.74) is 0. The van der Waals surface area contributed by atoms with Crippen LogP contribution in [0.5, 0.6) is 0 Å². The van der Waals surface area contributed by atoms with Gasteiger partial charge in [-0.3, -0.25) is 0 Å². The second-order valence-electron chi connectivity index (χ2n) is 6.30. The Balaban J connectivity index is 1.85. The van der Waals surface area contributed by atoms with Crippen LogP contribution in [0.3, 0.4) is 0 Å². The van der Waals surface area contributed by atoms with Crippen molar-refractivity contribution in [2.75, 3.05) is 0 Å². The van der Waals surface area contributed by atoms with Crippen molar-refractivity contribution in [2.45, 2.75) is 83.7 Å². The molecule has 0 radical (unpaired) electrons. The summed E-state index contributed by atoms with van der Waals surface area (Å²) in [4.78, 5) is 0. The number of hydrogen-bond donors (Lipinski definition) is 1. The number of nitrogens with one attached hydrogen (secondary N) is 1. The predicted octanol–water partition coefficient (Wildman–Crippen LogP) is 4.12. The van der Waals surface area contributed by atoms with E-state index in [2.05, 4.69) is 19.2 Å². The highest BCUT2D eigenvalue weighted by Crippen LogP contribution is 2.31. The summed E-state index contributed by atoms with van der Waals surface area (Å²) in [6.07, 6.45) is 13.0. The number of rotatable bonds is 3. The molecule has 0 saturated heterocycles. The highest BCUT2D eigenvalue weighted by molar-refractivity contribution is 4.86. The van der Waals surface area contributed by atoms with Crippen LogP contribution in [0.25, 0.3) is 0 Å². The summed E-state index contributed by atoms with van der Waals surface area (Å²) in [5, 5.41) is 3.99. The van der Waals surface area contributed by atoms with Gasteiger partial charge >= 0.3 is 0 Å². The van der Waals surface area contributed by atoms with Crippen molar-refractivity contribution in [1.29, 1.82) is 0 Å². The first-order valence-electron chi connectivity index (χ1n) is 7.53. The van der Waals surface area contributed by atoms with E-state index >= 15 is 0 Å². The molecule has 0 aromatic heterocycles. The molecule has 0 heterocycles. The van der Waals surface area contributed by atoms with Crippen LogP contribution in [0.1, 0.15) is 71.6 Å². The summed E-state index contributed by atoms with van der Waals surface area (Å²) in [6.45, 7) is 4.82. The lowest BCUT2D eigenvalue weighted by Gasteiger charge is -2.38. The monoisotopic (exact) mass is 223 g/mol. The lowest BCUT2D eigenvalue weighted by Crippen LogP contribution is -2.46. The lowest BCUT2D eigenvalue weighted by molar-refractivity contribution is 0.180. The van der Waals surface area contributed by atoms with Gasteiger partial charge in [0.1, 0.15) is 0 Å². The van der Waals surface area contributed by atoms with Crippen molar-refractivity contribution in [3.05, 3.63) is 0 Å². The average Bonchev–Trinajstić information content (AvgIpc) is 2.31. The van der Waals surface area contributed by atoms with Crippen LogP contribution in [-0.4, -0.2) is 12.1 Å². The van der Waals surface area contributed by atoms with Crippen LogP contribution in [0.4, 0.5) is 0 Å². The Morgan fingerprint density at radius 2 is 1.44 bits per heavy atom. The molecular formula is C15H29N. The Labute approximate surface area is 101 Å². The fourth-order valence-corrected chi connectivity index (χ4v) is 3.74. The van der Waals surface area contributed by atoms with Gasteiger partial charge in [-0.25, -0.2) is 0 Å². The summed E-state index contributed by atoms with van der Waals surface area (Å²) in [5.74, 6) is 1.80. The maximum Gasteiger partial charge on any atom is 0.0100 e. The van der Waals surface area contributed by atoms with Crippen molar-refractivity contribution < 1.29 is 0 Å². The maximum atomic E-state index is 3.99. The third-order valence-electron chi connectivity index (χ3n) is 4.73. The zero-order valence-electron chi connectivity index (χ0n) is 11.2. The van der Waals surface area contributed by atoms with Gasteiger partial charge in [0.25, 0.3) is 0 Å². The molecule has 2 fully saturated rings. The summed E-state index contributed by atoms with van der Waals surface area (Å²) in [7, 11) is 0. The molecule has 94 valence electrons. The molecule has 2 unspecified atom stereocenters. The van der Waals surface area contributed by atoms with E-state index in [1.54, 1.807) is 0 Å². The fraction of sp³-hybridized carbons (Fsp3) is 1.00. The van der Waals surface area contributed by atoms with E-state index in [0.717, 1.165) is 23.9 Å². The molecule has 2 rings (SSSR count). The minimum Gasteiger partial charge on any atom is -0.311 e. The Morgan fingerprint density at radius 3 is 2.12 bits per heavy atom. The van der Waals surface area contributed by atoms with Gasteiger partial charge in [0.05, 0.1) is 0 Å². The van der Waals surface area contributed by atoms with Gasteiger partial charge in [0.15, 0.2) is 0 Å². The topological polar surface area (TPSA) is 12.0 Å². The van der Waals surface area contributed by atoms with E-state index in [1.165, 1.54) is 57.8 Å². The summed E-state index contributed by atoms with van der Waals surface area (Å²) >= 11 is 0. The van der Waals surface area contributed by atoms with Crippen LogP contribution in [0.2, 0.25) is 0 Å². The fourth-order valence-electron chi connectivity index (χ4n) is 3.74. The lowest BCUT2D eigenvalue weighted by atomic mass is 9.77. The molecule has 1 N–H and O–H groups in total. The molecule has 2 aliphatic rings. The van der Waals surface area contributed by atoms with Crippen molar-refractivity contribution in [1.82, 2.24) is 5.32 Å². The molecule has 2 atom stereocenters. The second kappa shape index (κ2) is 6.05. The molecule has 2 aliphatic carbocycles. The van der Waals surface area contributed by atoms with Crippen molar-refractivity contribution in [2.24, 2.45) is 11.8 Å². The van der Waals surface area contributed by atoms with Crippen molar-refractivity contribution >= 4 is 0 Å². The first-order valence-corrected chi connectivity index (χ1v) is 7.53. The molecule has 0 aromatic rings. The maximum absolute atomic E-state index is 3.99. The first kappa shape index (κ1) is 12.4. The standard InChI is InChI=1S/C15H29N/c1-12(2)14-10-6-7-11-15(14)16-13-8-4-3-5-9-13/h12-16H,3-11H2,1-2H3. The Bertz CT molecular complexity index is 194. The van der Waals surface area contributed by atoms with Crippen LogP contribution >= 0.6 is 0 Å². The quantitative estimate of drug-likeness (QED) is 0.759. The molecule has 16 heavy (non-hydrogen) atoms. The Hall–Kier alpha value is -0.0400. The zero-order valence-corrected chi connectivity index (χ0v) is 11.2. The molecule has 1 heteroatoms. The minimum atomic E-state index is 0.830. The van der Waals surface area contributed by atoms with E-state index in [9.17, 15) is 0 Å². The van der Waals surface area contributed by atoms with Crippen LogP contribution < -0.4 is 5.32 Å². The van der Waals surface area contributed by atoms with Gasteiger partial charge in [-0.05, 0) is 37.5 Å². The van der Waals surface area contributed by atoms with Gasteiger partial charge in [-0.1, -0.05) is 46.0 Å². The van der Waals surface area contributed by atoms with Crippen molar-refractivity contribution in [3.8, 4) is 0 Å². The van der Waals surface area contributed by atoms with Gasteiger partial charge in [0.2, 0.25) is 0 Å². The third-order valence-corrected chi connectivity index (χ3v) is 4.73. The minimum absolute atomic E-state index is 0.830. The number of hydrogen-bond acceptors (Lipinski definition) is 1. The Morgan fingerprint density at radius 1 is 0.812 bits per heavy atom. The van der Waals surface area contributed by atoms with Crippen LogP contribution in [-0.2, 0) is 0 Å². The van der Waals surface area contributed by atoms with Gasteiger partial charge in [-0.15, -0.1) is 0 Å². The molecule has 0 aromatic carbocycles. The first-order chi connectivity index (χ1) is 7.77. The summed E-state index contributed by atoms with van der Waals surface area (Å²) < 4.78 is 0. The molecular weight excluding hydrogens is 194 g/mol. The van der Waals surface area contributed by atoms with E-state index in [0.29, 0.717) is 0 Å². The second-order valence-corrected chi connectivity index (χ2v) is 6.30. The average molecular weight is 223 g/mol. The smallest absolute Gasteiger partial charge is 0.0100 e. The van der Waals surface area contributed by atoms with Gasteiger partial charge < -0.3 is 5.32 Å². The molecule has 0 bridgehead atoms. The van der Waals surface area contributed by atoms with E-state index in [4.69, 9.17) is 0 Å².